The normalized spacial score (nSPS) is 25.6. The molecule has 2 bridgehead atoms. The van der Waals surface area contributed by atoms with Crippen molar-refractivity contribution < 1.29 is 9.53 Å². The highest BCUT2D eigenvalue weighted by Crippen LogP contribution is 2.52. The number of carbonyl (C=O) groups is 1. The number of likely N-dealkylation sites (tertiary alicyclic amines) is 1. The van der Waals surface area contributed by atoms with E-state index in [-0.39, 0.29) is 11.4 Å². The van der Waals surface area contributed by atoms with E-state index < -0.39 is 0 Å². The number of carbonyl (C=O) groups excluding carboxylic acids is 1. The second-order valence-corrected chi connectivity index (χ2v) is 10.6. The second-order valence-electron chi connectivity index (χ2n) is 10.6. The summed E-state index contributed by atoms with van der Waals surface area (Å²) in [5, 5.41) is 0.565. The number of aromatic nitrogens is 1. The number of aromatic amines is 1. The molecule has 0 unspecified atom stereocenters. The number of nitrogens with one attached hydrogen (secondary N) is 1. The number of esters is 1. The standard InChI is InChI=1S/C25H34N2O3/c1-6-9-30-23(29)17-7-8-21-19(10-17)22(28)20(16(2)26-21)13-27-15-25(5)12-18(27)11-24(3,4)14-25/h7-8,10,18H,6,9,11-15H2,1-5H3,(H,26,28)/t18-,25+/m1/s1. The van der Waals surface area contributed by atoms with E-state index in [1.807, 2.05) is 19.9 Å². The lowest BCUT2D eigenvalue weighted by atomic mass is 9.65. The van der Waals surface area contributed by atoms with Crippen LogP contribution in [-0.2, 0) is 11.3 Å². The number of benzene rings is 1. The third kappa shape index (κ3) is 3.92. The summed E-state index contributed by atoms with van der Waals surface area (Å²) in [6.07, 6.45) is 4.41. The maximum Gasteiger partial charge on any atom is 0.338 e. The van der Waals surface area contributed by atoms with Gasteiger partial charge in [-0.1, -0.05) is 27.7 Å². The van der Waals surface area contributed by atoms with Gasteiger partial charge >= 0.3 is 5.97 Å². The Kier molecular flexibility index (Phi) is 5.29. The number of pyridine rings is 1. The summed E-state index contributed by atoms with van der Waals surface area (Å²) in [4.78, 5) is 31.6. The van der Waals surface area contributed by atoms with Crippen LogP contribution in [0, 0.1) is 17.8 Å². The van der Waals surface area contributed by atoms with E-state index in [4.69, 9.17) is 4.74 Å². The number of ether oxygens (including phenoxy) is 1. The quantitative estimate of drug-likeness (QED) is 0.719. The van der Waals surface area contributed by atoms with Gasteiger partial charge in [0.25, 0.3) is 0 Å². The first-order chi connectivity index (χ1) is 14.1. The fraction of sp³-hybridized carbons (Fsp3) is 0.600. The van der Waals surface area contributed by atoms with Crippen molar-refractivity contribution in [1.29, 1.82) is 0 Å². The third-order valence-electron chi connectivity index (χ3n) is 6.87. The van der Waals surface area contributed by atoms with Crippen molar-refractivity contribution in [2.45, 2.75) is 72.9 Å². The van der Waals surface area contributed by atoms with Crippen LogP contribution in [0.1, 0.15) is 75.0 Å². The van der Waals surface area contributed by atoms with Gasteiger partial charge in [-0.3, -0.25) is 9.69 Å². The average Bonchev–Trinajstić information content (AvgIpc) is 2.90. The van der Waals surface area contributed by atoms with Gasteiger partial charge in [0.1, 0.15) is 0 Å². The van der Waals surface area contributed by atoms with Crippen molar-refractivity contribution in [3.8, 4) is 0 Å². The molecule has 1 N–H and O–H groups in total. The summed E-state index contributed by atoms with van der Waals surface area (Å²) >= 11 is 0. The molecule has 5 heteroatoms. The predicted octanol–water partition coefficient (Wildman–Crippen LogP) is 4.80. The van der Waals surface area contributed by atoms with Crippen molar-refractivity contribution in [2.24, 2.45) is 10.8 Å². The van der Waals surface area contributed by atoms with Crippen molar-refractivity contribution in [1.82, 2.24) is 9.88 Å². The molecule has 2 atom stereocenters. The fourth-order valence-electron chi connectivity index (χ4n) is 6.01. The van der Waals surface area contributed by atoms with Gasteiger partial charge in [0.2, 0.25) is 0 Å². The molecule has 1 aromatic carbocycles. The SMILES string of the molecule is CCCOC(=O)c1ccc2[nH]c(C)c(CN3C[C@@]4(C)C[C@H]3CC(C)(C)C4)c(=O)c2c1. The zero-order valence-corrected chi connectivity index (χ0v) is 18.9. The minimum atomic E-state index is -0.372. The Morgan fingerprint density at radius 1 is 1.27 bits per heavy atom. The van der Waals surface area contributed by atoms with Crippen LogP contribution in [0.5, 0.6) is 0 Å². The molecule has 4 rings (SSSR count). The summed E-state index contributed by atoms with van der Waals surface area (Å²) in [6.45, 7) is 13.2. The van der Waals surface area contributed by atoms with Crippen molar-refractivity contribution in [2.75, 3.05) is 13.2 Å². The molecule has 0 radical (unpaired) electrons. The smallest absolute Gasteiger partial charge is 0.338 e. The van der Waals surface area contributed by atoms with Crippen LogP contribution in [0.4, 0.5) is 0 Å². The molecule has 1 aromatic heterocycles. The van der Waals surface area contributed by atoms with E-state index in [9.17, 15) is 9.59 Å². The van der Waals surface area contributed by atoms with E-state index in [0.29, 0.717) is 41.0 Å². The molecule has 30 heavy (non-hydrogen) atoms. The predicted molar refractivity (Wildman–Crippen MR) is 120 cm³/mol. The maximum atomic E-state index is 13.4. The van der Waals surface area contributed by atoms with Gasteiger partial charge in [0.15, 0.2) is 5.43 Å². The van der Waals surface area contributed by atoms with Crippen LogP contribution < -0.4 is 5.43 Å². The van der Waals surface area contributed by atoms with E-state index in [1.165, 1.54) is 19.3 Å². The van der Waals surface area contributed by atoms with Gasteiger partial charge in [-0.2, -0.15) is 0 Å². The first-order valence-corrected chi connectivity index (χ1v) is 11.2. The number of hydrogen-bond donors (Lipinski definition) is 1. The highest BCUT2D eigenvalue weighted by molar-refractivity contribution is 5.94. The van der Waals surface area contributed by atoms with E-state index >= 15 is 0 Å². The van der Waals surface area contributed by atoms with Crippen LogP contribution >= 0.6 is 0 Å². The topological polar surface area (TPSA) is 62.4 Å². The number of aryl methyl sites for hydroxylation is 1. The third-order valence-corrected chi connectivity index (χ3v) is 6.87. The van der Waals surface area contributed by atoms with Gasteiger partial charge in [0.05, 0.1) is 12.2 Å². The average molecular weight is 411 g/mol. The van der Waals surface area contributed by atoms with E-state index in [2.05, 4.69) is 30.7 Å². The lowest BCUT2D eigenvalue weighted by Crippen LogP contribution is -2.35. The van der Waals surface area contributed by atoms with Crippen molar-refractivity contribution >= 4 is 16.9 Å². The number of hydrogen-bond acceptors (Lipinski definition) is 4. The van der Waals surface area contributed by atoms with E-state index in [1.54, 1.807) is 12.1 Å². The summed E-state index contributed by atoms with van der Waals surface area (Å²) in [6, 6.07) is 5.75. The first kappa shape index (κ1) is 21.1. The molecule has 1 aliphatic carbocycles. The van der Waals surface area contributed by atoms with Gasteiger partial charge in [0, 0.05) is 41.3 Å². The molecule has 2 fully saturated rings. The Morgan fingerprint density at radius 3 is 2.77 bits per heavy atom. The molecule has 0 spiro atoms. The Morgan fingerprint density at radius 2 is 2.03 bits per heavy atom. The molecule has 2 aromatic rings. The minimum Gasteiger partial charge on any atom is -0.462 e. The lowest BCUT2D eigenvalue weighted by molar-refractivity contribution is 0.0505. The monoisotopic (exact) mass is 410 g/mol. The maximum absolute atomic E-state index is 13.4. The van der Waals surface area contributed by atoms with Gasteiger partial charge < -0.3 is 9.72 Å². The zero-order valence-electron chi connectivity index (χ0n) is 18.9. The molecule has 1 aliphatic heterocycles. The molecule has 1 saturated carbocycles. The molecular formula is C25H34N2O3. The summed E-state index contributed by atoms with van der Waals surface area (Å²) in [7, 11) is 0. The van der Waals surface area contributed by atoms with Crippen molar-refractivity contribution in [3.05, 3.63) is 45.2 Å². The van der Waals surface area contributed by atoms with Gasteiger partial charge in [-0.15, -0.1) is 0 Å². The molecule has 0 amide bonds. The lowest BCUT2D eigenvalue weighted by Gasteiger charge is -2.40. The van der Waals surface area contributed by atoms with Crippen LogP contribution in [0.15, 0.2) is 23.0 Å². The molecule has 1 saturated heterocycles. The van der Waals surface area contributed by atoms with Crippen LogP contribution in [0.3, 0.4) is 0 Å². The first-order valence-electron chi connectivity index (χ1n) is 11.2. The number of fused-ring (bicyclic) bond motifs is 3. The van der Waals surface area contributed by atoms with Crippen LogP contribution in [0.2, 0.25) is 0 Å². The molecule has 2 aliphatic rings. The molecule has 2 heterocycles. The molecular weight excluding hydrogens is 376 g/mol. The Bertz CT molecular complexity index is 1040. The zero-order chi connectivity index (χ0) is 21.7. The Labute approximate surface area is 178 Å². The van der Waals surface area contributed by atoms with Crippen LogP contribution in [0.25, 0.3) is 10.9 Å². The number of H-pyrrole nitrogens is 1. The van der Waals surface area contributed by atoms with Crippen LogP contribution in [-0.4, -0.2) is 35.0 Å². The fourth-order valence-corrected chi connectivity index (χ4v) is 6.01. The van der Waals surface area contributed by atoms with Gasteiger partial charge in [-0.05, 0) is 61.6 Å². The van der Waals surface area contributed by atoms with Gasteiger partial charge in [-0.25, -0.2) is 4.79 Å². The van der Waals surface area contributed by atoms with Crippen molar-refractivity contribution in [3.63, 3.8) is 0 Å². The van der Waals surface area contributed by atoms with E-state index in [0.717, 1.165) is 29.7 Å². The number of rotatable bonds is 5. The highest BCUT2D eigenvalue weighted by Gasteiger charge is 2.49. The Hall–Kier alpha value is -2.14. The summed E-state index contributed by atoms with van der Waals surface area (Å²) in [5.74, 6) is -0.372. The largest absolute Gasteiger partial charge is 0.462 e. The Balaban J connectivity index is 1.66. The molecule has 5 nitrogen and oxygen atoms in total. The highest BCUT2D eigenvalue weighted by atomic mass is 16.5. The summed E-state index contributed by atoms with van der Waals surface area (Å²) in [5.41, 5.74) is 3.64. The second kappa shape index (κ2) is 7.52. The minimum absolute atomic E-state index is 0.0252. The summed E-state index contributed by atoms with van der Waals surface area (Å²) < 4.78 is 5.25. The number of nitrogens with zero attached hydrogens (tertiary/aromatic N) is 1. The molecule has 162 valence electrons.